The second-order valence-corrected chi connectivity index (χ2v) is 5.18. The highest BCUT2D eigenvalue weighted by Crippen LogP contribution is 2.22. The van der Waals surface area contributed by atoms with Gasteiger partial charge in [0, 0.05) is 6.54 Å². The minimum absolute atomic E-state index is 0.124. The van der Waals surface area contributed by atoms with Crippen molar-refractivity contribution < 1.29 is 14.3 Å². The van der Waals surface area contributed by atoms with Gasteiger partial charge in [-0.15, -0.1) is 0 Å². The fraction of sp³-hybridized carbons (Fsp3) is 0.222. The molecule has 5 heteroatoms. The Morgan fingerprint density at radius 3 is 2.35 bits per heavy atom. The summed E-state index contributed by atoms with van der Waals surface area (Å²) in [6, 6.07) is 16.8. The van der Waals surface area contributed by atoms with Gasteiger partial charge in [-0.1, -0.05) is 49.4 Å². The predicted octanol–water partition coefficient (Wildman–Crippen LogP) is 2.55. The van der Waals surface area contributed by atoms with Crippen molar-refractivity contribution in [3.63, 3.8) is 0 Å². The Morgan fingerprint density at radius 2 is 1.65 bits per heavy atom. The molecule has 5 nitrogen and oxygen atoms in total. The first-order valence-electron chi connectivity index (χ1n) is 7.39. The SMILES string of the molecule is COc1ccccc1NC(=O)C(=O)NC[C@H](C)c1ccccc1. The summed E-state index contributed by atoms with van der Waals surface area (Å²) in [6.07, 6.45) is 0. The first kappa shape index (κ1) is 16.5. The van der Waals surface area contributed by atoms with Crippen LogP contribution in [0.5, 0.6) is 5.75 Å². The largest absolute Gasteiger partial charge is 0.495 e. The average molecular weight is 312 g/mol. The lowest BCUT2D eigenvalue weighted by atomic mass is 10.0. The molecule has 0 aliphatic rings. The molecule has 2 aromatic rings. The first-order valence-corrected chi connectivity index (χ1v) is 7.39. The molecule has 0 heterocycles. The zero-order valence-electron chi connectivity index (χ0n) is 13.2. The van der Waals surface area contributed by atoms with Gasteiger partial charge in [0.2, 0.25) is 0 Å². The van der Waals surface area contributed by atoms with E-state index in [9.17, 15) is 9.59 Å². The fourth-order valence-electron chi connectivity index (χ4n) is 2.15. The lowest BCUT2D eigenvalue weighted by Crippen LogP contribution is -2.37. The Kier molecular flexibility index (Phi) is 5.74. The number of hydrogen-bond donors (Lipinski definition) is 2. The molecule has 0 saturated heterocycles. The van der Waals surface area contributed by atoms with E-state index in [0.717, 1.165) is 5.56 Å². The summed E-state index contributed by atoms with van der Waals surface area (Å²) in [5.41, 5.74) is 1.57. The molecule has 120 valence electrons. The van der Waals surface area contributed by atoms with E-state index in [1.54, 1.807) is 24.3 Å². The highest BCUT2D eigenvalue weighted by atomic mass is 16.5. The van der Waals surface area contributed by atoms with Gasteiger partial charge in [-0.2, -0.15) is 0 Å². The van der Waals surface area contributed by atoms with Gasteiger partial charge in [0.25, 0.3) is 0 Å². The van der Waals surface area contributed by atoms with Crippen molar-refractivity contribution in [3.05, 3.63) is 60.2 Å². The van der Waals surface area contributed by atoms with Crippen molar-refractivity contribution in [1.82, 2.24) is 5.32 Å². The summed E-state index contributed by atoms with van der Waals surface area (Å²) in [6.45, 7) is 2.38. The molecule has 0 aliphatic carbocycles. The minimum atomic E-state index is -0.713. The van der Waals surface area contributed by atoms with Gasteiger partial charge in [0.1, 0.15) is 5.75 Å². The molecule has 2 N–H and O–H groups in total. The highest BCUT2D eigenvalue weighted by Gasteiger charge is 2.16. The monoisotopic (exact) mass is 312 g/mol. The van der Waals surface area contributed by atoms with Gasteiger partial charge in [-0.3, -0.25) is 9.59 Å². The molecule has 0 aliphatic heterocycles. The third-order valence-electron chi connectivity index (χ3n) is 3.50. The smallest absolute Gasteiger partial charge is 0.313 e. The molecule has 23 heavy (non-hydrogen) atoms. The maximum atomic E-state index is 12.0. The molecule has 2 aromatic carbocycles. The van der Waals surface area contributed by atoms with Crippen LogP contribution in [0.2, 0.25) is 0 Å². The number of hydrogen-bond acceptors (Lipinski definition) is 3. The van der Waals surface area contributed by atoms with Crippen LogP contribution in [-0.2, 0) is 9.59 Å². The predicted molar refractivity (Wildman–Crippen MR) is 89.5 cm³/mol. The number of amides is 2. The van der Waals surface area contributed by atoms with Gasteiger partial charge in [0.15, 0.2) is 0 Å². The second kappa shape index (κ2) is 7.98. The molecular weight excluding hydrogens is 292 g/mol. The lowest BCUT2D eigenvalue weighted by molar-refractivity contribution is -0.136. The van der Waals surface area contributed by atoms with Crippen molar-refractivity contribution in [3.8, 4) is 5.75 Å². The maximum absolute atomic E-state index is 12.0. The molecular formula is C18H20N2O3. The van der Waals surface area contributed by atoms with Crippen LogP contribution in [0, 0.1) is 0 Å². The van der Waals surface area contributed by atoms with E-state index in [4.69, 9.17) is 4.74 Å². The quantitative estimate of drug-likeness (QED) is 0.834. The summed E-state index contributed by atoms with van der Waals surface area (Å²) in [5, 5.41) is 5.20. The second-order valence-electron chi connectivity index (χ2n) is 5.18. The summed E-state index contributed by atoms with van der Waals surface area (Å²) in [5.74, 6) is -0.751. The lowest BCUT2D eigenvalue weighted by Gasteiger charge is -2.13. The first-order chi connectivity index (χ1) is 11.1. The van der Waals surface area contributed by atoms with Crippen molar-refractivity contribution in [2.75, 3.05) is 19.0 Å². The molecule has 0 saturated carbocycles. The normalized spacial score (nSPS) is 11.4. The van der Waals surface area contributed by atoms with E-state index in [-0.39, 0.29) is 5.92 Å². The number of ether oxygens (including phenoxy) is 1. The summed E-state index contributed by atoms with van der Waals surface area (Å²) >= 11 is 0. The average Bonchev–Trinajstić information content (AvgIpc) is 2.60. The van der Waals surface area contributed by atoms with Gasteiger partial charge in [-0.25, -0.2) is 0 Å². The molecule has 0 unspecified atom stereocenters. The number of para-hydroxylation sites is 2. The van der Waals surface area contributed by atoms with Gasteiger partial charge >= 0.3 is 11.8 Å². The fourth-order valence-corrected chi connectivity index (χ4v) is 2.15. The van der Waals surface area contributed by atoms with E-state index in [2.05, 4.69) is 10.6 Å². The van der Waals surface area contributed by atoms with Gasteiger partial charge < -0.3 is 15.4 Å². The molecule has 0 spiro atoms. The number of rotatable bonds is 5. The molecule has 0 bridgehead atoms. The number of carbonyl (C=O) groups excluding carboxylic acids is 2. The van der Waals surface area contributed by atoms with Crippen LogP contribution in [0.1, 0.15) is 18.4 Å². The number of nitrogens with one attached hydrogen (secondary N) is 2. The molecule has 1 atom stereocenters. The zero-order valence-corrected chi connectivity index (χ0v) is 13.2. The number of benzene rings is 2. The Hall–Kier alpha value is -2.82. The van der Waals surface area contributed by atoms with Crippen LogP contribution >= 0.6 is 0 Å². The number of methoxy groups -OCH3 is 1. The summed E-state index contributed by atoms with van der Waals surface area (Å²) in [4.78, 5) is 23.9. The van der Waals surface area contributed by atoms with E-state index in [0.29, 0.717) is 18.0 Å². The van der Waals surface area contributed by atoms with Crippen LogP contribution in [0.3, 0.4) is 0 Å². The molecule has 0 aromatic heterocycles. The van der Waals surface area contributed by atoms with Crippen molar-refractivity contribution in [2.45, 2.75) is 12.8 Å². The van der Waals surface area contributed by atoms with E-state index in [1.165, 1.54) is 7.11 Å². The highest BCUT2D eigenvalue weighted by molar-refractivity contribution is 6.39. The zero-order chi connectivity index (χ0) is 16.7. The van der Waals surface area contributed by atoms with Crippen molar-refractivity contribution in [2.24, 2.45) is 0 Å². The van der Waals surface area contributed by atoms with E-state index < -0.39 is 11.8 Å². The van der Waals surface area contributed by atoms with Crippen LogP contribution in [-0.4, -0.2) is 25.5 Å². The minimum Gasteiger partial charge on any atom is -0.495 e. The van der Waals surface area contributed by atoms with Crippen LogP contribution < -0.4 is 15.4 Å². The number of carbonyl (C=O) groups is 2. The Labute approximate surface area is 135 Å². The number of anilines is 1. The van der Waals surface area contributed by atoms with Crippen LogP contribution in [0.4, 0.5) is 5.69 Å². The molecule has 2 rings (SSSR count). The van der Waals surface area contributed by atoms with E-state index >= 15 is 0 Å². The third-order valence-corrected chi connectivity index (χ3v) is 3.50. The van der Waals surface area contributed by atoms with Gasteiger partial charge in [-0.05, 0) is 23.6 Å². The Bertz CT molecular complexity index is 671. The van der Waals surface area contributed by atoms with Crippen molar-refractivity contribution >= 4 is 17.5 Å². The van der Waals surface area contributed by atoms with E-state index in [1.807, 2.05) is 37.3 Å². The van der Waals surface area contributed by atoms with Crippen molar-refractivity contribution in [1.29, 1.82) is 0 Å². The third kappa shape index (κ3) is 4.57. The topological polar surface area (TPSA) is 67.4 Å². The molecule has 2 amide bonds. The Balaban J connectivity index is 1.89. The summed E-state index contributed by atoms with van der Waals surface area (Å²) in [7, 11) is 1.51. The standard InChI is InChI=1S/C18H20N2O3/c1-13(14-8-4-3-5-9-14)12-19-17(21)18(22)20-15-10-6-7-11-16(15)23-2/h3-11,13H,12H2,1-2H3,(H,19,21)(H,20,22)/t13-/m0/s1. The Morgan fingerprint density at radius 1 is 1.00 bits per heavy atom. The molecule has 0 radical (unpaired) electrons. The molecule has 0 fully saturated rings. The maximum Gasteiger partial charge on any atom is 0.313 e. The summed E-state index contributed by atoms with van der Waals surface area (Å²) < 4.78 is 5.14. The van der Waals surface area contributed by atoms with Crippen LogP contribution in [0.25, 0.3) is 0 Å². The van der Waals surface area contributed by atoms with Crippen LogP contribution in [0.15, 0.2) is 54.6 Å². The van der Waals surface area contributed by atoms with Gasteiger partial charge in [0.05, 0.1) is 12.8 Å².